The molecule has 1 heterocycles. The Balaban J connectivity index is 1.94. The van der Waals surface area contributed by atoms with Crippen LogP contribution in [0.1, 0.15) is 5.56 Å². The number of rotatable bonds is 6. The maximum absolute atomic E-state index is 5.50. The van der Waals surface area contributed by atoms with Crippen molar-refractivity contribution < 1.29 is 9.47 Å². The topological polar surface area (TPSA) is 56.3 Å². The summed E-state index contributed by atoms with van der Waals surface area (Å²) in [5.41, 5.74) is 3.68. The first-order chi connectivity index (χ1) is 12.2. The molecule has 0 unspecified atom stereocenters. The fraction of sp³-hybridized carbons (Fsp3) is 0.158. The second-order valence-electron chi connectivity index (χ2n) is 5.31. The van der Waals surface area contributed by atoms with Gasteiger partial charge in [0.05, 0.1) is 19.9 Å². The van der Waals surface area contributed by atoms with Crippen molar-refractivity contribution in [2.75, 3.05) is 19.5 Å². The zero-order chi connectivity index (χ0) is 17.6. The number of aromatic nitrogens is 2. The standard InChI is InChI=1S/C19H19N3O2S/c1-23-17-8-4-7-15(19(17)24-2)16-10-18(21-12-20-16)22-14-6-3-5-13(9-14)11-25/h3-10,12,25H,11H2,1-2H3,(H,20,21,22). The molecule has 3 rings (SSSR count). The van der Waals surface area contributed by atoms with Gasteiger partial charge in [0.2, 0.25) is 0 Å². The SMILES string of the molecule is COc1cccc(-c2cc(Nc3cccc(CS)c3)ncn2)c1OC. The van der Waals surface area contributed by atoms with Crippen LogP contribution in [-0.2, 0) is 5.75 Å². The zero-order valence-corrected chi connectivity index (χ0v) is 15.0. The van der Waals surface area contributed by atoms with Gasteiger partial charge in [-0.3, -0.25) is 0 Å². The Hall–Kier alpha value is -2.73. The van der Waals surface area contributed by atoms with Crippen LogP contribution in [0, 0.1) is 0 Å². The monoisotopic (exact) mass is 353 g/mol. The summed E-state index contributed by atoms with van der Waals surface area (Å²) in [4.78, 5) is 8.67. The molecule has 0 bridgehead atoms. The Kier molecular flexibility index (Phi) is 5.40. The predicted octanol–water partition coefficient (Wildman–Crippen LogP) is 4.33. The van der Waals surface area contributed by atoms with Crippen molar-refractivity contribution in [2.45, 2.75) is 5.75 Å². The van der Waals surface area contributed by atoms with Crippen LogP contribution in [0.25, 0.3) is 11.3 Å². The van der Waals surface area contributed by atoms with Gasteiger partial charge in [-0.1, -0.05) is 18.2 Å². The van der Waals surface area contributed by atoms with Gasteiger partial charge >= 0.3 is 0 Å². The van der Waals surface area contributed by atoms with Crippen molar-refractivity contribution in [3.63, 3.8) is 0 Å². The third kappa shape index (κ3) is 3.85. The van der Waals surface area contributed by atoms with Crippen LogP contribution >= 0.6 is 12.6 Å². The van der Waals surface area contributed by atoms with Crippen molar-refractivity contribution in [2.24, 2.45) is 0 Å². The highest BCUT2D eigenvalue weighted by Gasteiger charge is 2.13. The summed E-state index contributed by atoms with van der Waals surface area (Å²) in [5, 5.41) is 3.30. The van der Waals surface area contributed by atoms with Crippen LogP contribution in [0.3, 0.4) is 0 Å². The molecule has 0 spiro atoms. The summed E-state index contributed by atoms with van der Waals surface area (Å²) >= 11 is 4.31. The summed E-state index contributed by atoms with van der Waals surface area (Å²) in [6.45, 7) is 0. The maximum atomic E-state index is 5.50. The fourth-order valence-corrected chi connectivity index (χ4v) is 2.75. The Morgan fingerprint density at radius 2 is 1.84 bits per heavy atom. The zero-order valence-electron chi connectivity index (χ0n) is 14.1. The van der Waals surface area contributed by atoms with Crippen LogP contribution < -0.4 is 14.8 Å². The molecule has 1 N–H and O–H groups in total. The highest BCUT2D eigenvalue weighted by Crippen LogP contribution is 2.37. The van der Waals surface area contributed by atoms with Crippen molar-refractivity contribution in [1.82, 2.24) is 9.97 Å². The molecule has 128 valence electrons. The Morgan fingerprint density at radius 3 is 2.60 bits per heavy atom. The summed E-state index contributed by atoms with van der Waals surface area (Å²) in [6.07, 6.45) is 1.53. The van der Waals surface area contributed by atoms with Crippen molar-refractivity contribution in [3.8, 4) is 22.8 Å². The number of hydrogen-bond acceptors (Lipinski definition) is 6. The molecule has 0 radical (unpaired) electrons. The first kappa shape index (κ1) is 17.1. The summed E-state index contributed by atoms with van der Waals surface area (Å²) in [7, 11) is 3.23. The van der Waals surface area contributed by atoms with Crippen LogP contribution in [-0.4, -0.2) is 24.2 Å². The maximum Gasteiger partial charge on any atom is 0.170 e. The minimum atomic E-state index is 0.645. The Labute approximate surface area is 152 Å². The number of nitrogens with zero attached hydrogens (tertiary/aromatic N) is 2. The van der Waals surface area contributed by atoms with E-state index in [2.05, 4.69) is 27.9 Å². The van der Waals surface area contributed by atoms with Gasteiger partial charge in [0.15, 0.2) is 11.5 Å². The summed E-state index contributed by atoms with van der Waals surface area (Å²) in [5.74, 6) is 2.69. The number of benzene rings is 2. The van der Waals surface area contributed by atoms with Crippen molar-refractivity contribution in [1.29, 1.82) is 0 Å². The van der Waals surface area contributed by atoms with E-state index >= 15 is 0 Å². The lowest BCUT2D eigenvalue weighted by Gasteiger charge is -2.13. The smallest absolute Gasteiger partial charge is 0.170 e. The highest BCUT2D eigenvalue weighted by molar-refractivity contribution is 7.79. The first-order valence-electron chi connectivity index (χ1n) is 7.75. The van der Waals surface area contributed by atoms with E-state index in [0.717, 1.165) is 22.5 Å². The van der Waals surface area contributed by atoms with E-state index in [-0.39, 0.29) is 0 Å². The van der Waals surface area contributed by atoms with Gasteiger partial charge in [-0.25, -0.2) is 9.97 Å². The molecule has 0 atom stereocenters. The van der Waals surface area contributed by atoms with Gasteiger partial charge in [-0.2, -0.15) is 12.6 Å². The number of nitrogens with one attached hydrogen (secondary N) is 1. The molecule has 0 fully saturated rings. The molecule has 0 saturated carbocycles. The van der Waals surface area contributed by atoms with E-state index in [9.17, 15) is 0 Å². The molecule has 0 aliphatic rings. The average Bonchev–Trinajstić information content (AvgIpc) is 2.67. The number of hydrogen-bond donors (Lipinski definition) is 2. The molecule has 25 heavy (non-hydrogen) atoms. The lowest BCUT2D eigenvalue weighted by molar-refractivity contribution is 0.356. The summed E-state index contributed by atoms with van der Waals surface area (Å²) in [6, 6.07) is 15.6. The minimum absolute atomic E-state index is 0.645. The van der Waals surface area contributed by atoms with Gasteiger partial charge in [-0.05, 0) is 29.8 Å². The molecule has 3 aromatic rings. The number of anilines is 2. The third-order valence-electron chi connectivity index (χ3n) is 3.73. The van der Waals surface area contributed by atoms with Crippen molar-refractivity contribution >= 4 is 24.1 Å². The van der Waals surface area contributed by atoms with E-state index in [0.29, 0.717) is 23.1 Å². The molecular weight excluding hydrogens is 334 g/mol. The predicted molar refractivity (Wildman–Crippen MR) is 103 cm³/mol. The van der Waals surface area contributed by atoms with E-state index in [4.69, 9.17) is 9.47 Å². The quantitative estimate of drug-likeness (QED) is 0.646. The normalized spacial score (nSPS) is 10.4. The Bertz CT molecular complexity index is 871. The van der Waals surface area contributed by atoms with E-state index in [1.54, 1.807) is 14.2 Å². The molecule has 5 nitrogen and oxygen atoms in total. The van der Waals surface area contributed by atoms with Crippen LogP contribution in [0.2, 0.25) is 0 Å². The molecular formula is C19H19N3O2S. The highest BCUT2D eigenvalue weighted by atomic mass is 32.1. The molecule has 1 aromatic heterocycles. The number of thiol groups is 1. The average molecular weight is 353 g/mol. The minimum Gasteiger partial charge on any atom is -0.493 e. The number of methoxy groups -OCH3 is 2. The van der Waals surface area contributed by atoms with E-state index in [1.165, 1.54) is 6.33 Å². The van der Waals surface area contributed by atoms with Crippen LogP contribution in [0.15, 0.2) is 54.9 Å². The van der Waals surface area contributed by atoms with Gasteiger partial charge < -0.3 is 14.8 Å². The molecule has 0 aliphatic heterocycles. The molecule has 0 aliphatic carbocycles. The van der Waals surface area contributed by atoms with Gasteiger partial charge in [0, 0.05) is 23.1 Å². The Morgan fingerprint density at radius 1 is 1.00 bits per heavy atom. The number of ether oxygens (including phenoxy) is 2. The lowest BCUT2D eigenvalue weighted by Crippen LogP contribution is -1.98. The molecule has 0 amide bonds. The third-order valence-corrected chi connectivity index (χ3v) is 4.09. The van der Waals surface area contributed by atoms with Gasteiger partial charge in [0.1, 0.15) is 12.1 Å². The second-order valence-corrected chi connectivity index (χ2v) is 5.63. The van der Waals surface area contributed by atoms with Gasteiger partial charge in [0.25, 0.3) is 0 Å². The van der Waals surface area contributed by atoms with E-state index in [1.807, 2.05) is 48.5 Å². The molecule has 6 heteroatoms. The molecule has 0 saturated heterocycles. The largest absolute Gasteiger partial charge is 0.493 e. The van der Waals surface area contributed by atoms with Crippen LogP contribution in [0.4, 0.5) is 11.5 Å². The fourth-order valence-electron chi connectivity index (χ4n) is 2.56. The van der Waals surface area contributed by atoms with Crippen molar-refractivity contribution in [3.05, 3.63) is 60.4 Å². The van der Waals surface area contributed by atoms with Crippen LogP contribution in [0.5, 0.6) is 11.5 Å². The lowest BCUT2D eigenvalue weighted by atomic mass is 10.1. The number of para-hydroxylation sites is 1. The first-order valence-corrected chi connectivity index (χ1v) is 8.38. The summed E-state index contributed by atoms with van der Waals surface area (Å²) < 4.78 is 10.9. The van der Waals surface area contributed by atoms with Gasteiger partial charge in [-0.15, -0.1) is 0 Å². The second kappa shape index (κ2) is 7.90. The van der Waals surface area contributed by atoms with E-state index < -0.39 is 0 Å². The molecule has 2 aromatic carbocycles.